The van der Waals surface area contributed by atoms with Gasteiger partial charge in [0.2, 0.25) is 0 Å². The Morgan fingerprint density at radius 1 is 1.35 bits per heavy atom. The van der Waals surface area contributed by atoms with Gasteiger partial charge in [-0.25, -0.2) is 0 Å². The van der Waals surface area contributed by atoms with Gasteiger partial charge in [-0.1, -0.05) is 20.8 Å². The minimum Gasteiger partial charge on any atom is -0.395 e. The second kappa shape index (κ2) is 7.67. The molecule has 0 rings (SSSR count). The van der Waals surface area contributed by atoms with E-state index >= 15 is 0 Å². The summed E-state index contributed by atoms with van der Waals surface area (Å²) in [6, 6.07) is 0.177. The van der Waals surface area contributed by atoms with Crippen LogP contribution in [-0.2, 0) is 9.53 Å². The number of ether oxygens (including phenoxy) is 1. The van der Waals surface area contributed by atoms with Crippen molar-refractivity contribution in [2.24, 2.45) is 0 Å². The van der Waals surface area contributed by atoms with Gasteiger partial charge in [0, 0.05) is 19.7 Å². The maximum absolute atomic E-state index is 12.5. The van der Waals surface area contributed by atoms with Crippen molar-refractivity contribution in [3.05, 3.63) is 0 Å². The molecule has 17 heavy (non-hydrogen) atoms. The molecule has 0 aliphatic heterocycles. The van der Waals surface area contributed by atoms with Gasteiger partial charge in [-0.05, 0) is 26.2 Å². The smallest absolute Gasteiger partial charge is 0.254 e. The van der Waals surface area contributed by atoms with E-state index in [1.807, 2.05) is 13.8 Å². The highest BCUT2D eigenvalue weighted by Crippen LogP contribution is 2.21. The van der Waals surface area contributed by atoms with E-state index in [9.17, 15) is 4.79 Å². The van der Waals surface area contributed by atoms with Crippen LogP contribution in [0.3, 0.4) is 0 Å². The molecular weight excluding hydrogens is 218 g/mol. The third-order valence-corrected chi connectivity index (χ3v) is 3.56. The minimum atomic E-state index is -0.780. The average molecular weight is 245 g/mol. The predicted molar refractivity (Wildman–Crippen MR) is 68.9 cm³/mol. The van der Waals surface area contributed by atoms with Gasteiger partial charge in [0.1, 0.15) is 5.60 Å². The molecule has 1 N–H and O–H groups in total. The lowest BCUT2D eigenvalue weighted by molar-refractivity contribution is -0.156. The number of hydrogen-bond donors (Lipinski definition) is 1. The first-order valence-corrected chi connectivity index (χ1v) is 6.47. The summed E-state index contributed by atoms with van der Waals surface area (Å²) < 4.78 is 5.34. The summed E-state index contributed by atoms with van der Waals surface area (Å²) in [4.78, 5) is 14.2. The third kappa shape index (κ3) is 3.96. The molecule has 102 valence electrons. The minimum absolute atomic E-state index is 0.00819. The first-order valence-electron chi connectivity index (χ1n) is 6.47. The Morgan fingerprint density at radius 3 is 2.18 bits per heavy atom. The van der Waals surface area contributed by atoms with Gasteiger partial charge >= 0.3 is 0 Å². The second-order valence-electron chi connectivity index (χ2n) is 4.48. The molecule has 0 bridgehead atoms. The molecule has 0 spiro atoms. The van der Waals surface area contributed by atoms with Crippen molar-refractivity contribution in [1.82, 2.24) is 4.90 Å². The molecule has 0 aromatic carbocycles. The fraction of sp³-hybridized carbons (Fsp3) is 0.923. The van der Waals surface area contributed by atoms with Gasteiger partial charge in [0.15, 0.2) is 0 Å². The lowest BCUT2D eigenvalue weighted by Crippen LogP contribution is -2.52. The molecule has 1 unspecified atom stereocenters. The van der Waals surface area contributed by atoms with Crippen LogP contribution in [-0.4, -0.2) is 47.8 Å². The highest BCUT2D eigenvalue weighted by molar-refractivity contribution is 5.85. The van der Waals surface area contributed by atoms with E-state index in [0.29, 0.717) is 13.0 Å². The third-order valence-electron chi connectivity index (χ3n) is 3.56. The van der Waals surface area contributed by atoms with Crippen molar-refractivity contribution in [3.8, 4) is 0 Å². The van der Waals surface area contributed by atoms with Crippen LogP contribution in [0.4, 0.5) is 0 Å². The van der Waals surface area contributed by atoms with Gasteiger partial charge in [-0.3, -0.25) is 4.79 Å². The molecule has 0 saturated carbocycles. The Hall–Kier alpha value is -0.610. The fourth-order valence-electron chi connectivity index (χ4n) is 1.97. The molecular formula is C13H27NO3. The summed E-state index contributed by atoms with van der Waals surface area (Å²) in [5, 5.41) is 9.10. The Kier molecular flexibility index (Phi) is 7.39. The predicted octanol–water partition coefficient (Wildman–Crippen LogP) is 1.81. The number of rotatable bonds is 8. The molecule has 4 heteroatoms. The zero-order valence-electron chi connectivity index (χ0n) is 11.8. The summed E-state index contributed by atoms with van der Waals surface area (Å²) in [5.74, 6) is -0.0229. The lowest BCUT2D eigenvalue weighted by Gasteiger charge is -2.37. The van der Waals surface area contributed by atoms with Crippen LogP contribution >= 0.6 is 0 Å². The first kappa shape index (κ1) is 16.4. The molecule has 0 aliphatic carbocycles. The molecule has 0 saturated heterocycles. The molecule has 0 aromatic heterocycles. The van der Waals surface area contributed by atoms with Gasteiger partial charge < -0.3 is 14.7 Å². The quantitative estimate of drug-likeness (QED) is 0.709. The van der Waals surface area contributed by atoms with Crippen molar-refractivity contribution in [2.75, 3.05) is 20.3 Å². The average Bonchev–Trinajstić information content (AvgIpc) is 2.37. The maximum atomic E-state index is 12.5. The van der Waals surface area contributed by atoms with Crippen LogP contribution < -0.4 is 0 Å². The molecule has 0 aromatic rings. The van der Waals surface area contributed by atoms with Crippen molar-refractivity contribution in [1.29, 1.82) is 0 Å². The van der Waals surface area contributed by atoms with E-state index in [1.165, 1.54) is 0 Å². The van der Waals surface area contributed by atoms with Crippen molar-refractivity contribution in [2.45, 2.75) is 58.6 Å². The van der Waals surface area contributed by atoms with Crippen LogP contribution in [0.5, 0.6) is 0 Å². The number of methoxy groups -OCH3 is 1. The van der Waals surface area contributed by atoms with E-state index in [1.54, 1.807) is 12.0 Å². The fourth-order valence-corrected chi connectivity index (χ4v) is 1.97. The summed E-state index contributed by atoms with van der Waals surface area (Å²) in [5.41, 5.74) is -0.780. The number of nitrogens with zero attached hydrogens (tertiary/aromatic N) is 1. The SMILES string of the molecule is CCC(CC)N(CCO)C(=O)C(C)(CC)OC. The zero-order valence-corrected chi connectivity index (χ0v) is 11.8. The molecule has 4 nitrogen and oxygen atoms in total. The molecule has 0 fully saturated rings. The highest BCUT2D eigenvalue weighted by atomic mass is 16.5. The Morgan fingerprint density at radius 2 is 1.88 bits per heavy atom. The van der Waals surface area contributed by atoms with Crippen LogP contribution in [0.2, 0.25) is 0 Å². The van der Waals surface area contributed by atoms with Gasteiger partial charge in [-0.15, -0.1) is 0 Å². The van der Waals surface area contributed by atoms with E-state index in [-0.39, 0.29) is 18.6 Å². The van der Waals surface area contributed by atoms with Crippen molar-refractivity contribution < 1.29 is 14.6 Å². The Bertz CT molecular complexity index is 223. The molecule has 0 aliphatic rings. The van der Waals surface area contributed by atoms with E-state index < -0.39 is 5.60 Å². The largest absolute Gasteiger partial charge is 0.395 e. The van der Waals surface area contributed by atoms with Gasteiger partial charge in [0.25, 0.3) is 5.91 Å². The number of aliphatic hydroxyl groups is 1. The molecule has 0 radical (unpaired) electrons. The van der Waals surface area contributed by atoms with Crippen LogP contribution in [0.1, 0.15) is 47.0 Å². The van der Waals surface area contributed by atoms with Crippen molar-refractivity contribution >= 4 is 5.91 Å². The standard InChI is InChI=1S/C13H27NO3/c1-6-11(7-2)14(9-10-15)12(16)13(4,8-3)17-5/h11,15H,6-10H2,1-5H3. The second-order valence-corrected chi connectivity index (χ2v) is 4.48. The number of hydrogen-bond acceptors (Lipinski definition) is 3. The van der Waals surface area contributed by atoms with Crippen LogP contribution in [0.25, 0.3) is 0 Å². The van der Waals surface area contributed by atoms with Gasteiger partial charge in [0.05, 0.1) is 6.61 Å². The Labute approximate surface area is 105 Å². The first-order chi connectivity index (χ1) is 8.00. The molecule has 1 amide bonds. The monoisotopic (exact) mass is 245 g/mol. The summed E-state index contributed by atoms with van der Waals surface area (Å²) >= 11 is 0. The number of carbonyl (C=O) groups is 1. The van der Waals surface area contributed by atoms with Crippen LogP contribution in [0.15, 0.2) is 0 Å². The van der Waals surface area contributed by atoms with E-state index in [4.69, 9.17) is 9.84 Å². The summed E-state index contributed by atoms with van der Waals surface area (Å²) in [6.07, 6.45) is 2.42. The van der Waals surface area contributed by atoms with Crippen LogP contribution in [0, 0.1) is 0 Å². The summed E-state index contributed by atoms with van der Waals surface area (Å²) in [7, 11) is 1.56. The topological polar surface area (TPSA) is 49.8 Å². The normalized spacial score (nSPS) is 14.8. The molecule has 1 atom stereocenters. The number of aliphatic hydroxyl groups excluding tert-OH is 1. The summed E-state index contributed by atoms with van der Waals surface area (Å²) in [6.45, 7) is 8.23. The molecule has 0 heterocycles. The van der Waals surface area contributed by atoms with Gasteiger partial charge in [-0.2, -0.15) is 0 Å². The Balaban J connectivity index is 4.98. The zero-order chi connectivity index (χ0) is 13.5. The maximum Gasteiger partial charge on any atom is 0.254 e. The lowest BCUT2D eigenvalue weighted by atomic mass is 9.99. The van der Waals surface area contributed by atoms with E-state index in [0.717, 1.165) is 12.8 Å². The highest BCUT2D eigenvalue weighted by Gasteiger charge is 2.36. The number of carbonyl (C=O) groups excluding carboxylic acids is 1. The number of amides is 1. The van der Waals surface area contributed by atoms with Crippen molar-refractivity contribution in [3.63, 3.8) is 0 Å². The van der Waals surface area contributed by atoms with E-state index in [2.05, 4.69) is 13.8 Å².